The van der Waals surface area contributed by atoms with E-state index in [1.165, 1.54) is 0 Å². The maximum Gasteiger partial charge on any atom is 0.244 e. The Kier molecular flexibility index (Phi) is 3.54. The molecular weight excluding hydrogens is 256 g/mol. The van der Waals surface area contributed by atoms with Crippen LogP contribution in [0.1, 0.15) is 13.3 Å². The lowest BCUT2D eigenvalue weighted by atomic mass is 9.95. The average Bonchev–Trinajstić information content (AvgIpc) is 2.61. The summed E-state index contributed by atoms with van der Waals surface area (Å²) in [7, 11) is 0. The third-order valence-electron chi connectivity index (χ3n) is 2.93. The Morgan fingerprint density at radius 1 is 1.65 bits per heavy atom. The number of nitrogens with two attached hydrogens (primary N) is 1. The van der Waals surface area contributed by atoms with Crippen LogP contribution in [-0.2, 0) is 4.79 Å². The molecule has 1 aromatic rings. The Hall–Kier alpha value is -0.870. The SMILES string of the molecule is CC1CC(Nc2cccc(Cl)c2)(C(N)=O)CS1. The molecule has 0 aliphatic carbocycles. The molecule has 2 unspecified atom stereocenters. The molecular formula is C12H15ClN2OS. The maximum atomic E-state index is 11.7. The number of carbonyl (C=O) groups is 1. The minimum Gasteiger partial charge on any atom is -0.370 e. The van der Waals surface area contributed by atoms with E-state index in [0.29, 0.717) is 16.0 Å². The smallest absolute Gasteiger partial charge is 0.244 e. The molecule has 3 N–H and O–H groups in total. The standard InChI is InChI=1S/C12H15ClN2OS/c1-8-6-12(7-17-8,11(14)16)15-10-4-2-3-9(13)5-10/h2-5,8,15H,6-7H2,1H3,(H2,14,16). The molecule has 1 heterocycles. The number of amides is 1. The normalized spacial score (nSPS) is 28.0. The van der Waals surface area contributed by atoms with Crippen molar-refractivity contribution in [1.82, 2.24) is 0 Å². The van der Waals surface area contributed by atoms with E-state index in [1.54, 1.807) is 23.9 Å². The highest BCUT2D eigenvalue weighted by molar-refractivity contribution is 8.00. The number of halogens is 1. The van der Waals surface area contributed by atoms with Crippen molar-refractivity contribution in [2.45, 2.75) is 24.1 Å². The van der Waals surface area contributed by atoms with Gasteiger partial charge in [0.2, 0.25) is 5.91 Å². The van der Waals surface area contributed by atoms with E-state index in [2.05, 4.69) is 12.2 Å². The third-order valence-corrected chi connectivity index (χ3v) is 4.56. The molecule has 2 rings (SSSR count). The predicted octanol–water partition coefficient (Wildman–Crippen LogP) is 2.50. The van der Waals surface area contributed by atoms with E-state index in [4.69, 9.17) is 17.3 Å². The van der Waals surface area contributed by atoms with E-state index >= 15 is 0 Å². The first-order chi connectivity index (χ1) is 8.02. The van der Waals surface area contributed by atoms with E-state index < -0.39 is 5.54 Å². The fourth-order valence-corrected chi connectivity index (χ4v) is 3.55. The molecule has 2 atom stereocenters. The van der Waals surface area contributed by atoms with Crippen molar-refractivity contribution in [2.75, 3.05) is 11.1 Å². The van der Waals surface area contributed by atoms with Crippen molar-refractivity contribution < 1.29 is 4.79 Å². The monoisotopic (exact) mass is 270 g/mol. The first-order valence-corrected chi connectivity index (χ1v) is 6.90. The van der Waals surface area contributed by atoms with Crippen LogP contribution in [0.4, 0.5) is 5.69 Å². The number of anilines is 1. The number of hydrogen-bond donors (Lipinski definition) is 2. The van der Waals surface area contributed by atoms with Gasteiger partial charge >= 0.3 is 0 Å². The van der Waals surface area contributed by atoms with Gasteiger partial charge in [-0.05, 0) is 24.6 Å². The second-order valence-corrected chi connectivity index (χ2v) is 6.27. The van der Waals surface area contributed by atoms with Crippen LogP contribution in [-0.4, -0.2) is 22.4 Å². The van der Waals surface area contributed by atoms with E-state index in [0.717, 1.165) is 12.1 Å². The summed E-state index contributed by atoms with van der Waals surface area (Å²) in [5.74, 6) is 0.407. The lowest BCUT2D eigenvalue weighted by molar-refractivity contribution is -0.121. The lowest BCUT2D eigenvalue weighted by Gasteiger charge is -2.27. The van der Waals surface area contributed by atoms with Gasteiger partial charge in [0, 0.05) is 21.7 Å². The fourth-order valence-electron chi connectivity index (χ4n) is 2.06. The molecule has 0 bridgehead atoms. The van der Waals surface area contributed by atoms with Gasteiger partial charge in [-0.25, -0.2) is 0 Å². The molecule has 0 saturated carbocycles. The molecule has 1 saturated heterocycles. The highest BCUT2D eigenvalue weighted by atomic mass is 35.5. The highest BCUT2D eigenvalue weighted by Gasteiger charge is 2.43. The Labute approximate surface area is 110 Å². The summed E-state index contributed by atoms with van der Waals surface area (Å²) in [4.78, 5) is 11.7. The van der Waals surface area contributed by atoms with Crippen molar-refractivity contribution in [3.63, 3.8) is 0 Å². The van der Waals surface area contributed by atoms with Crippen LogP contribution < -0.4 is 11.1 Å². The topological polar surface area (TPSA) is 55.1 Å². The molecule has 1 fully saturated rings. The fraction of sp³-hybridized carbons (Fsp3) is 0.417. The van der Waals surface area contributed by atoms with E-state index in [9.17, 15) is 4.79 Å². The van der Waals surface area contributed by atoms with Gasteiger partial charge in [0.15, 0.2) is 0 Å². The minimum atomic E-state index is -0.644. The van der Waals surface area contributed by atoms with Crippen LogP contribution in [0.25, 0.3) is 0 Å². The molecule has 1 amide bonds. The zero-order valence-corrected chi connectivity index (χ0v) is 11.1. The molecule has 0 spiro atoms. The van der Waals surface area contributed by atoms with Crippen molar-refractivity contribution in [2.24, 2.45) is 5.73 Å². The van der Waals surface area contributed by atoms with E-state index in [-0.39, 0.29) is 5.91 Å². The Bertz CT molecular complexity index is 440. The van der Waals surface area contributed by atoms with Crippen LogP contribution in [0, 0.1) is 0 Å². The molecule has 0 radical (unpaired) electrons. The van der Waals surface area contributed by atoms with Gasteiger partial charge in [-0.3, -0.25) is 4.79 Å². The Morgan fingerprint density at radius 3 is 2.94 bits per heavy atom. The van der Waals surface area contributed by atoms with Gasteiger partial charge < -0.3 is 11.1 Å². The number of nitrogens with one attached hydrogen (secondary N) is 1. The van der Waals surface area contributed by atoms with Crippen LogP contribution in [0.5, 0.6) is 0 Å². The van der Waals surface area contributed by atoms with Crippen LogP contribution in [0.2, 0.25) is 5.02 Å². The summed E-state index contributed by atoms with van der Waals surface area (Å²) >= 11 is 7.68. The van der Waals surface area contributed by atoms with Crippen molar-refractivity contribution >= 4 is 35.0 Å². The minimum absolute atomic E-state index is 0.297. The predicted molar refractivity (Wildman–Crippen MR) is 73.5 cm³/mol. The number of benzene rings is 1. The molecule has 1 aliphatic heterocycles. The van der Waals surface area contributed by atoms with Gasteiger partial charge in [0.1, 0.15) is 5.54 Å². The number of hydrogen-bond acceptors (Lipinski definition) is 3. The number of rotatable bonds is 3. The van der Waals surface area contributed by atoms with E-state index in [1.807, 2.05) is 12.1 Å². The Balaban J connectivity index is 2.22. The summed E-state index contributed by atoms with van der Waals surface area (Å²) < 4.78 is 0. The van der Waals surface area contributed by atoms with Gasteiger partial charge in [-0.1, -0.05) is 24.6 Å². The van der Waals surface area contributed by atoms with Crippen LogP contribution >= 0.6 is 23.4 Å². The molecule has 1 aliphatic rings. The molecule has 17 heavy (non-hydrogen) atoms. The molecule has 3 nitrogen and oxygen atoms in total. The summed E-state index contributed by atoms with van der Waals surface area (Å²) in [5.41, 5.74) is 5.73. The van der Waals surface area contributed by atoms with Gasteiger partial charge in [0.25, 0.3) is 0 Å². The average molecular weight is 271 g/mol. The Morgan fingerprint density at radius 2 is 2.41 bits per heavy atom. The van der Waals surface area contributed by atoms with Crippen molar-refractivity contribution in [3.05, 3.63) is 29.3 Å². The third kappa shape index (κ3) is 2.69. The summed E-state index contributed by atoms with van der Waals surface area (Å²) in [5, 5.41) is 4.33. The first-order valence-electron chi connectivity index (χ1n) is 5.47. The van der Waals surface area contributed by atoms with Gasteiger partial charge in [-0.15, -0.1) is 0 Å². The highest BCUT2D eigenvalue weighted by Crippen LogP contribution is 2.37. The second-order valence-electron chi connectivity index (χ2n) is 4.41. The second kappa shape index (κ2) is 4.78. The van der Waals surface area contributed by atoms with Crippen molar-refractivity contribution in [3.8, 4) is 0 Å². The summed E-state index contributed by atoms with van der Waals surface area (Å²) in [6.07, 6.45) is 0.750. The van der Waals surface area contributed by atoms with Crippen LogP contribution in [0.3, 0.4) is 0 Å². The maximum absolute atomic E-state index is 11.7. The summed E-state index contributed by atoms with van der Waals surface area (Å²) in [6, 6.07) is 7.35. The quantitative estimate of drug-likeness (QED) is 0.887. The molecule has 1 aromatic carbocycles. The van der Waals surface area contributed by atoms with Gasteiger partial charge in [-0.2, -0.15) is 11.8 Å². The zero-order valence-electron chi connectivity index (χ0n) is 9.57. The lowest BCUT2D eigenvalue weighted by Crippen LogP contribution is -2.51. The summed E-state index contributed by atoms with van der Waals surface area (Å²) in [6.45, 7) is 2.11. The number of carbonyl (C=O) groups excluding carboxylic acids is 1. The molecule has 0 aromatic heterocycles. The number of primary amides is 1. The zero-order chi connectivity index (χ0) is 12.5. The van der Waals surface area contributed by atoms with Crippen LogP contribution in [0.15, 0.2) is 24.3 Å². The number of thioether (sulfide) groups is 1. The first kappa shape index (κ1) is 12.6. The van der Waals surface area contributed by atoms with Gasteiger partial charge in [0.05, 0.1) is 0 Å². The van der Waals surface area contributed by atoms with Crippen molar-refractivity contribution in [1.29, 1.82) is 0 Å². The molecule has 92 valence electrons. The largest absolute Gasteiger partial charge is 0.370 e. The molecule has 5 heteroatoms.